The number of hydrogen-bond donors (Lipinski definition) is 2. The third kappa shape index (κ3) is 10.9. The van der Waals surface area contributed by atoms with E-state index in [1.165, 1.54) is 37.9 Å². The number of carbonyl (C=O) groups is 1. The molecule has 156 valence electrons. The standard InChI is InChI=1S/C21H34N2O2.2ClH/c1-18(2)11-16-25-21(24)20(17-19-9-5-3-6-10-19)22-12-15-23-13-7-4-8-14-23;;/h3,5-6,9-10,18,20,22H,4,7-8,11-17H2,1-2H3;2*1H. The molecule has 0 aliphatic carbocycles. The number of ether oxygens (including phenoxy) is 1. The lowest BCUT2D eigenvalue weighted by molar-refractivity contribution is -0.917. The van der Waals surface area contributed by atoms with Crippen LogP contribution in [0, 0.1) is 5.92 Å². The first kappa shape index (κ1) is 26.2. The molecule has 0 bridgehead atoms. The van der Waals surface area contributed by atoms with Crippen LogP contribution in [-0.4, -0.2) is 44.8 Å². The number of nitrogens with one attached hydrogen (secondary N) is 1. The van der Waals surface area contributed by atoms with Crippen molar-refractivity contribution in [3.63, 3.8) is 0 Å². The van der Waals surface area contributed by atoms with E-state index < -0.39 is 0 Å². The quantitative estimate of drug-likeness (QED) is 0.373. The molecule has 1 aromatic rings. The van der Waals surface area contributed by atoms with Crippen molar-refractivity contribution >= 4 is 5.97 Å². The van der Waals surface area contributed by atoms with Crippen LogP contribution >= 0.6 is 0 Å². The van der Waals surface area contributed by atoms with Gasteiger partial charge in [-0.15, -0.1) is 0 Å². The predicted molar refractivity (Wildman–Crippen MR) is 101 cm³/mol. The van der Waals surface area contributed by atoms with E-state index in [4.69, 9.17) is 4.74 Å². The highest BCUT2D eigenvalue weighted by atomic mass is 35.5. The van der Waals surface area contributed by atoms with Crippen LogP contribution in [0.5, 0.6) is 0 Å². The largest absolute Gasteiger partial charge is 1.00 e. The second kappa shape index (κ2) is 15.2. The molecule has 0 saturated carbocycles. The van der Waals surface area contributed by atoms with Gasteiger partial charge in [0.25, 0.3) is 0 Å². The fourth-order valence-corrected chi connectivity index (χ4v) is 3.42. The minimum Gasteiger partial charge on any atom is -1.00 e. The van der Waals surface area contributed by atoms with Gasteiger partial charge in [-0.05, 0) is 37.2 Å². The van der Waals surface area contributed by atoms with Gasteiger partial charge in [0, 0.05) is 6.42 Å². The zero-order valence-corrected chi connectivity index (χ0v) is 18.3. The Labute approximate surface area is 177 Å². The van der Waals surface area contributed by atoms with Crippen LogP contribution in [0.4, 0.5) is 0 Å². The molecular weight excluding hydrogens is 383 g/mol. The molecule has 1 unspecified atom stereocenters. The molecule has 2 rings (SSSR count). The molecule has 1 aliphatic heterocycles. The molecule has 1 fully saturated rings. The Kier molecular flexibility index (Phi) is 14.7. The minimum absolute atomic E-state index is 0. The van der Waals surface area contributed by atoms with E-state index in [0.717, 1.165) is 25.9 Å². The van der Waals surface area contributed by atoms with E-state index in [-0.39, 0.29) is 36.8 Å². The fourth-order valence-electron chi connectivity index (χ4n) is 3.42. The zero-order chi connectivity index (χ0) is 17.9. The summed E-state index contributed by atoms with van der Waals surface area (Å²) in [6, 6.07) is 10.2. The van der Waals surface area contributed by atoms with Crippen LogP contribution in [0.3, 0.4) is 0 Å². The van der Waals surface area contributed by atoms with E-state index in [1.807, 2.05) is 18.2 Å². The fraction of sp³-hybridized carbons (Fsp3) is 0.667. The first-order valence-corrected chi connectivity index (χ1v) is 10.0. The van der Waals surface area contributed by atoms with Crippen LogP contribution < -0.4 is 35.0 Å². The van der Waals surface area contributed by atoms with Crippen molar-refractivity contribution in [1.29, 1.82) is 0 Å². The summed E-state index contributed by atoms with van der Waals surface area (Å²) in [5.41, 5.74) is 1.20. The molecule has 1 atom stereocenters. The lowest BCUT2D eigenvalue weighted by Gasteiger charge is -2.23. The van der Waals surface area contributed by atoms with Gasteiger partial charge in [0.05, 0.1) is 19.7 Å². The number of halogens is 2. The van der Waals surface area contributed by atoms with Gasteiger partial charge >= 0.3 is 5.97 Å². The molecule has 0 amide bonds. The number of likely N-dealkylation sites (tertiary alicyclic amines) is 1. The maximum atomic E-state index is 12.6. The maximum absolute atomic E-state index is 12.6. The smallest absolute Gasteiger partial charge is 0.365 e. The van der Waals surface area contributed by atoms with E-state index >= 15 is 0 Å². The van der Waals surface area contributed by atoms with Crippen LogP contribution in [0.1, 0.15) is 45.1 Å². The SMILES string of the molecule is CC(C)CCOC(=O)C(Cc1ccccc1)[NH2+]CC[NH+]1CCCCC1.[Cl-].[Cl-]. The van der Waals surface area contributed by atoms with E-state index in [1.54, 1.807) is 4.90 Å². The number of esters is 1. The van der Waals surface area contributed by atoms with Crippen LogP contribution in [-0.2, 0) is 16.0 Å². The molecule has 1 aliphatic rings. The normalized spacial score (nSPS) is 15.5. The molecule has 1 saturated heterocycles. The third-order valence-corrected chi connectivity index (χ3v) is 5.05. The number of carbonyl (C=O) groups excluding carboxylic acids is 1. The summed E-state index contributed by atoms with van der Waals surface area (Å²) in [5, 5.41) is 2.20. The van der Waals surface area contributed by atoms with E-state index in [0.29, 0.717) is 12.5 Å². The highest BCUT2D eigenvalue weighted by Gasteiger charge is 2.25. The molecule has 6 heteroatoms. The summed E-state index contributed by atoms with van der Waals surface area (Å²) in [5.74, 6) is 0.505. The van der Waals surface area contributed by atoms with Gasteiger partial charge in [-0.2, -0.15) is 0 Å². The van der Waals surface area contributed by atoms with Gasteiger partial charge in [-0.1, -0.05) is 44.2 Å². The number of nitrogens with two attached hydrogens (primary N) is 1. The highest BCUT2D eigenvalue weighted by molar-refractivity contribution is 5.74. The Morgan fingerprint density at radius 1 is 1.11 bits per heavy atom. The van der Waals surface area contributed by atoms with E-state index in [9.17, 15) is 4.79 Å². The molecular formula is C21H36Cl2N2O2. The molecule has 0 aromatic heterocycles. The van der Waals surface area contributed by atoms with Gasteiger partial charge in [0.1, 0.15) is 13.1 Å². The molecule has 1 aromatic carbocycles. The Balaban J connectivity index is 0.00000338. The Morgan fingerprint density at radius 2 is 1.78 bits per heavy atom. The Bertz CT molecular complexity index is 494. The van der Waals surface area contributed by atoms with Crippen LogP contribution in [0.25, 0.3) is 0 Å². The average molecular weight is 419 g/mol. The summed E-state index contributed by atoms with van der Waals surface area (Å²) < 4.78 is 5.55. The van der Waals surface area contributed by atoms with Gasteiger partial charge < -0.3 is 39.8 Å². The molecule has 1 heterocycles. The molecule has 4 nitrogen and oxygen atoms in total. The van der Waals surface area contributed by atoms with Crippen molar-refractivity contribution in [2.45, 2.75) is 52.0 Å². The summed E-state index contributed by atoms with van der Waals surface area (Å²) in [6.45, 7) is 9.56. The molecule has 0 spiro atoms. The Morgan fingerprint density at radius 3 is 2.41 bits per heavy atom. The summed E-state index contributed by atoms with van der Waals surface area (Å²) in [7, 11) is 0. The van der Waals surface area contributed by atoms with Crippen molar-refractivity contribution in [2.75, 3.05) is 32.8 Å². The number of benzene rings is 1. The predicted octanol–water partition coefficient (Wildman–Crippen LogP) is -5.17. The van der Waals surface area contributed by atoms with Gasteiger partial charge in [0.15, 0.2) is 6.04 Å². The van der Waals surface area contributed by atoms with E-state index in [2.05, 4.69) is 31.3 Å². The summed E-state index contributed by atoms with van der Waals surface area (Å²) in [4.78, 5) is 14.2. The second-order valence-electron chi connectivity index (χ2n) is 7.73. The second-order valence-corrected chi connectivity index (χ2v) is 7.73. The third-order valence-electron chi connectivity index (χ3n) is 5.05. The molecule has 27 heavy (non-hydrogen) atoms. The number of hydrogen-bond acceptors (Lipinski definition) is 2. The van der Waals surface area contributed by atoms with Gasteiger partial charge in [-0.25, -0.2) is 4.79 Å². The number of quaternary nitrogens is 2. The molecule has 3 N–H and O–H groups in total. The van der Waals surface area contributed by atoms with Crippen molar-refractivity contribution in [3.8, 4) is 0 Å². The zero-order valence-electron chi connectivity index (χ0n) is 16.8. The maximum Gasteiger partial charge on any atom is 0.365 e. The lowest BCUT2D eigenvalue weighted by Crippen LogP contribution is -3.15. The first-order valence-electron chi connectivity index (χ1n) is 10.0. The Hall–Kier alpha value is -0.810. The molecule has 0 radical (unpaired) electrons. The minimum atomic E-state index is -0.126. The summed E-state index contributed by atoms with van der Waals surface area (Å²) >= 11 is 0. The topological polar surface area (TPSA) is 47.3 Å². The number of rotatable bonds is 10. The lowest BCUT2D eigenvalue weighted by atomic mass is 10.1. The summed E-state index contributed by atoms with van der Waals surface area (Å²) in [6.07, 6.45) is 5.75. The van der Waals surface area contributed by atoms with Crippen LogP contribution in [0.2, 0.25) is 0 Å². The van der Waals surface area contributed by atoms with Crippen molar-refractivity contribution in [2.24, 2.45) is 5.92 Å². The van der Waals surface area contributed by atoms with Gasteiger partial charge in [0.2, 0.25) is 0 Å². The average Bonchev–Trinajstić information content (AvgIpc) is 2.62. The van der Waals surface area contributed by atoms with Crippen LogP contribution in [0.15, 0.2) is 30.3 Å². The van der Waals surface area contributed by atoms with Crippen molar-refractivity contribution in [3.05, 3.63) is 35.9 Å². The highest BCUT2D eigenvalue weighted by Crippen LogP contribution is 2.04. The monoisotopic (exact) mass is 418 g/mol. The number of piperidine rings is 1. The van der Waals surface area contributed by atoms with Gasteiger partial charge in [-0.3, -0.25) is 0 Å². The van der Waals surface area contributed by atoms with Crippen molar-refractivity contribution < 1.29 is 44.6 Å². The van der Waals surface area contributed by atoms with Crippen molar-refractivity contribution in [1.82, 2.24) is 0 Å². The first-order chi connectivity index (χ1) is 12.1.